The quantitative estimate of drug-likeness (QED) is 0.743. The van der Waals surface area contributed by atoms with Gasteiger partial charge in [0.05, 0.1) is 13.2 Å². The summed E-state index contributed by atoms with van der Waals surface area (Å²) in [4.78, 5) is 22.6. The highest BCUT2D eigenvalue weighted by Gasteiger charge is 2.22. The number of hydrogen-bond acceptors (Lipinski definition) is 3. The average Bonchev–Trinajstić information content (AvgIpc) is 2.15. The number of alkyl carbamates (subject to hydrolysis) is 1. The minimum atomic E-state index is -0.544. The molecule has 0 aromatic carbocycles. The van der Waals surface area contributed by atoms with Crippen LogP contribution in [-0.4, -0.2) is 25.0 Å². The van der Waals surface area contributed by atoms with Crippen LogP contribution in [0.4, 0.5) is 4.79 Å². The lowest BCUT2D eigenvalue weighted by Crippen LogP contribution is -2.42. The molecule has 0 unspecified atom stereocenters. The molecule has 0 heterocycles. The molecule has 0 saturated carbocycles. The fourth-order valence-electron chi connectivity index (χ4n) is 1.18. The maximum Gasteiger partial charge on any atom is 0.407 e. The molecule has 0 saturated heterocycles. The SMILES string of the molecule is CCC[C@@H](NC(=O)OC)C(=O)C(C)C.[HH]. The number of Topliss-reactive ketones (excluding diaryl/α,β-unsaturated/α-hetero) is 1. The summed E-state index contributed by atoms with van der Waals surface area (Å²) in [7, 11) is 1.29. The van der Waals surface area contributed by atoms with Gasteiger partial charge < -0.3 is 10.1 Å². The molecular formula is C10H21NO3. The van der Waals surface area contributed by atoms with Crippen LogP contribution in [0.15, 0.2) is 0 Å². The first-order chi connectivity index (χ1) is 6.52. The van der Waals surface area contributed by atoms with Crippen molar-refractivity contribution < 1.29 is 15.8 Å². The van der Waals surface area contributed by atoms with E-state index in [1.165, 1.54) is 7.11 Å². The Labute approximate surface area is 86.5 Å². The Bertz CT molecular complexity index is 207. The number of hydrogen-bond donors (Lipinski definition) is 1. The number of carbonyl (C=O) groups excluding carboxylic acids is 2. The third-order valence-electron chi connectivity index (χ3n) is 1.97. The number of ketones is 1. The number of rotatable bonds is 5. The van der Waals surface area contributed by atoms with Gasteiger partial charge >= 0.3 is 6.09 Å². The highest BCUT2D eigenvalue weighted by molar-refractivity contribution is 5.88. The number of carbonyl (C=O) groups is 2. The topological polar surface area (TPSA) is 55.4 Å². The van der Waals surface area contributed by atoms with Crippen LogP contribution in [0.3, 0.4) is 0 Å². The molecule has 0 bridgehead atoms. The lowest BCUT2D eigenvalue weighted by Gasteiger charge is -2.17. The molecular weight excluding hydrogens is 182 g/mol. The van der Waals surface area contributed by atoms with Gasteiger partial charge in [0.15, 0.2) is 5.78 Å². The van der Waals surface area contributed by atoms with Gasteiger partial charge in [0, 0.05) is 7.34 Å². The molecule has 0 radical (unpaired) electrons. The lowest BCUT2D eigenvalue weighted by molar-refractivity contribution is -0.124. The second kappa shape index (κ2) is 6.40. The minimum absolute atomic E-state index is 0. The maximum absolute atomic E-state index is 11.6. The van der Waals surface area contributed by atoms with Crippen molar-refractivity contribution in [3.8, 4) is 0 Å². The lowest BCUT2D eigenvalue weighted by atomic mass is 9.98. The zero-order valence-corrected chi connectivity index (χ0v) is 9.29. The van der Waals surface area contributed by atoms with Crippen LogP contribution in [-0.2, 0) is 9.53 Å². The normalized spacial score (nSPS) is 12.4. The van der Waals surface area contributed by atoms with E-state index < -0.39 is 12.1 Å². The van der Waals surface area contributed by atoms with E-state index in [0.717, 1.165) is 6.42 Å². The Kier molecular flexibility index (Phi) is 5.92. The van der Waals surface area contributed by atoms with E-state index in [4.69, 9.17) is 0 Å². The second-order valence-electron chi connectivity index (χ2n) is 3.53. The predicted octanol–water partition coefficient (Wildman–Crippen LogP) is 1.98. The molecule has 14 heavy (non-hydrogen) atoms. The number of amides is 1. The van der Waals surface area contributed by atoms with Gasteiger partial charge in [-0.3, -0.25) is 4.79 Å². The highest BCUT2D eigenvalue weighted by Crippen LogP contribution is 2.05. The molecule has 0 fully saturated rings. The molecule has 0 rings (SSSR count). The predicted molar refractivity (Wildman–Crippen MR) is 56.2 cm³/mol. The Balaban J connectivity index is 0. The van der Waals surface area contributed by atoms with E-state index in [1.54, 1.807) is 0 Å². The van der Waals surface area contributed by atoms with E-state index >= 15 is 0 Å². The van der Waals surface area contributed by atoms with Gasteiger partial charge in [0.25, 0.3) is 0 Å². The van der Waals surface area contributed by atoms with Gasteiger partial charge in [0.1, 0.15) is 0 Å². The van der Waals surface area contributed by atoms with Crippen molar-refractivity contribution in [1.29, 1.82) is 0 Å². The third kappa shape index (κ3) is 4.25. The van der Waals surface area contributed by atoms with E-state index in [-0.39, 0.29) is 13.1 Å². The van der Waals surface area contributed by atoms with Crippen LogP contribution in [0.1, 0.15) is 35.0 Å². The fourth-order valence-corrected chi connectivity index (χ4v) is 1.18. The van der Waals surface area contributed by atoms with Crippen molar-refractivity contribution in [3.05, 3.63) is 0 Å². The summed E-state index contributed by atoms with van der Waals surface area (Å²) in [6.07, 6.45) is 0.969. The summed E-state index contributed by atoms with van der Waals surface area (Å²) in [5.41, 5.74) is 0. The van der Waals surface area contributed by atoms with Crippen LogP contribution in [0, 0.1) is 5.92 Å². The molecule has 1 atom stereocenters. The van der Waals surface area contributed by atoms with E-state index in [0.29, 0.717) is 6.42 Å². The van der Waals surface area contributed by atoms with Gasteiger partial charge in [-0.25, -0.2) is 4.79 Å². The maximum atomic E-state index is 11.6. The van der Waals surface area contributed by atoms with Crippen molar-refractivity contribution in [2.24, 2.45) is 5.92 Å². The van der Waals surface area contributed by atoms with E-state index in [1.807, 2.05) is 20.8 Å². The summed E-state index contributed by atoms with van der Waals surface area (Å²) in [5.74, 6) is -0.0130. The van der Waals surface area contributed by atoms with Gasteiger partial charge in [0.2, 0.25) is 0 Å². The van der Waals surface area contributed by atoms with Crippen molar-refractivity contribution in [3.63, 3.8) is 0 Å². The Morgan fingerprint density at radius 2 is 2.00 bits per heavy atom. The molecule has 84 valence electrons. The Hall–Kier alpha value is -1.06. The second-order valence-corrected chi connectivity index (χ2v) is 3.53. The third-order valence-corrected chi connectivity index (χ3v) is 1.97. The molecule has 0 aliphatic heterocycles. The van der Waals surface area contributed by atoms with Crippen LogP contribution in [0.5, 0.6) is 0 Å². The average molecular weight is 203 g/mol. The largest absolute Gasteiger partial charge is 0.453 e. The van der Waals surface area contributed by atoms with Crippen molar-refractivity contribution >= 4 is 11.9 Å². The smallest absolute Gasteiger partial charge is 0.407 e. The number of methoxy groups -OCH3 is 1. The summed E-state index contributed by atoms with van der Waals surface area (Å²) >= 11 is 0. The summed E-state index contributed by atoms with van der Waals surface area (Å²) < 4.78 is 4.45. The van der Waals surface area contributed by atoms with Crippen LogP contribution < -0.4 is 5.32 Å². The van der Waals surface area contributed by atoms with Crippen molar-refractivity contribution in [2.45, 2.75) is 39.7 Å². The zero-order valence-electron chi connectivity index (χ0n) is 9.29. The van der Waals surface area contributed by atoms with Gasteiger partial charge in [-0.1, -0.05) is 27.2 Å². The molecule has 0 spiro atoms. The zero-order chi connectivity index (χ0) is 11.1. The fraction of sp³-hybridized carbons (Fsp3) is 0.800. The summed E-state index contributed by atoms with van der Waals surface area (Å²) in [6.45, 7) is 5.62. The van der Waals surface area contributed by atoms with Crippen molar-refractivity contribution in [1.82, 2.24) is 5.32 Å². The molecule has 0 aliphatic rings. The standard InChI is InChI=1S/C10H19NO3.H2/c1-5-6-8(9(12)7(2)3)11-10(13)14-4;/h7-8H,5-6H2,1-4H3,(H,11,13);1H/t8-;/m1./s1. The monoisotopic (exact) mass is 203 g/mol. The first kappa shape index (κ1) is 12.9. The van der Waals surface area contributed by atoms with Crippen LogP contribution >= 0.6 is 0 Å². The summed E-state index contributed by atoms with van der Waals surface area (Å²) in [5, 5.41) is 2.54. The molecule has 1 N–H and O–H groups in total. The van der Waals surface area contributed by atoms with Crippen LogP contribution in [0.25, 0.3) is 0 Å². The summed E-state index contributed by atoms with van der Waals surface area (Å²) in [6, 6.07) is -0.410. The molecule has 1 amide bonds. The van der Waals surface area contributed by atoms with E-state index in [2.05, 4.69) is 10.1 Å². The Morgan fingerprint density at radius 1 is 1.43 bits per heavy atom. The van der Waals surface area contributed by atoms with Gasteiger partial charge in [-0.2, -0.15) is 0 Å². The van der Waals surface area contributed by atoms with Crippen molar-refractivity contribution in [2.75, 3.05) is 7.11 Å². The Morgan fingerprint density at radius 3 is 2.36 bits per heavy atom. The minimum Gasteiger partial charge on any atom is -0.453 e. The highest BCUT2D eigenvalue weighted by atomic mass is 16.5. The molecule has 4 heteroatoms. The van der Waals surface area contributed by atoms with E-state index in [9.17, 15) is 9.59 Å². The molecule has 0 aliphatic carbocycles. The molecule has 0 aromatic heterocycles. The first-order valence-electron chi connectivity index (χ1n) is 4.91. The van der Waals surface area contributed by atoms with Gasteiger partial charge in [-0.15, -0.1) is 0 Å². The van der Waals surface area contributed by atoms with Gasteiger partial charge in [-0.05, 0) is 6.42 Å². The number of nitrogens with one attached hydrogen (secondary N) is 1. The molecule has 0 aromatic rings. The van der Waals surface area contributed by atoms with Crippen LogP contribution in [0.2, 0.25) is 0 Å². The number of ether oxygens (including phenoxy) is 1. The molecule has 4 nitrogen and oxygen atoms in total. The first-order valence-corrected chi connectivity index (χ1v) is 4.91.